The Hall–Kier alpha value is -6.13. The minimum absolute atomic E-state index is 0.118. The topological polar surface area (TPSA) is 154 Å². The van der Waals surface area contributed by atoms with E-state index in [9.17, 15) is 0 Å². The third kappa shape index (κ3) is 5.93. The number of halogens is 2. The largest absolute Gasteiger partial charge is 0.332 e. The summed E-state index contributed by atoms with van der Waals surface area (Å²) in [7, 11) is 0. The monoisotopic (exact) mass is 701 g/mol. The number of nitrogens with one attached hydrogen (secondary N) is 1. The predicted octanol–water partition coefficient (Wildman–Crippen LogP) is 5.31. The third-order valence-corrected chi connectivity index (χ3v) is 9.32. The van der Waals surface area contributed by atoms with Crippen molar-refractivity contribution in [2.75, 3.05) is 0 Å². The van der Waals surface area contributed by atoms with Crippen LogP contribution < -0.4 is 11.3 Å². The van der Waals surface area contributed by atoms with E-state index in [1.807, 2.05) is 67.3 Å². The number of hydrazine groups is 1. The summed E-state index contributed by atoms with van der Waals surface area (Å²) in [6, 6.07) is 20.2. The van der Waals surface area contributed by atoms with Gasteiger partial charge in [-0.25, -0.2) is 34.0 Å². The number of aromatic nitrogens is 10. The van der Waals surface area contributed by atoms with E-state index in [0.29, 0.717) is 55.9 Å². The second kappa shape index (κ2) is 13.0. The van der Waals surface area contributed by atoms with E-state index >= 15 is 8.78 Å². The smallest absolute Gasteiger partial charge is 0.184 e. The molecule has 0 bridgehead atoms. The molecule has 0 amide bonds. The molecule has 254 valence electrons. The van der Waals surface area contributed by atoms with Crippen molar-refractivity contribution in [2.45, 2.75) is 39.0 Å². The lowest BCUT2D eigenvalue weighted by Gasteiger charge is -2.35. The van der Waals surface area contributed by atoms with E-state index < -0.39 is 23.7 Å². The summed E-state index contributed by atoms with van der Waals surface area (Å²) in [5, 5.41) is 19.0. The number of fused-ring (bicyclic) bond motifs is 4. The Morgan fingerprint density at radius 1 is 0.725 bits per heavy atom. The number of hydrogen-bond donors (Lipinski definition) is 2. The van der Waals surface area contributed by atoms with Gasteiger partial charge in [-0.1, -0.05) is 22.6 Å². The Kier molecular flexibility index (Phi) is 8.16. The summed E-state index contributed by atoms with van der Waals surface area (Å²) in [6.45, 7) is 4.12. The number of rotatable bonds is 8. The highest BCUT2D eigenvalue weighted by Crippen LogP contribution is 2.31. The van der Waals surface area contributed by atoms with Crippen molar-refractivity contribution in [2.24, 2.45) is 5.84 Å². The maximum Gasteiger partial charge on any atom is 0.184 e. The second-order valence-electron chi connectivity index (χ2n) is 12.1. The van der Waals surface area contributed by atoms with Gasteiger partial charge in [0.05, 0.1) is 47.6 Å². The Labute approximate surface area is 294 Å². The molecule has 0 aliphatic rings. The van der Waals surface area contributed by atoms with Crippen LogP contribution in [0.2, 0.25) is 0 Å². The van der Waals surface area contributed by atoms with Gasteiger partial charge in [-0.2, -0.15) is 0 Å². The molecule has 2 atom stereocenters. The zero-order valence-corrected chi connectivity index (χ0v) is 28.1. The van der Waals surface area contributed by atoms with Gasteiger partial charge in [0.25, 0.3) is 0 Å². The lowest BCUT2D eigenvalue weighted by Crippen LogP contribution is -2.45. The van der Waals surface area contributed by atoms with Gasteiger partial charge in [0.2, 0.25) is 0 Å². The lowest BCUT2D eigenvalue weighted by atomic mass is 10.1. The molecule has 13 nitrogen and oxygen atoms in total. The van der Waals surface area contributed by atoms with Crippen LogP contribution >= 0.6 is 12.2 Å². The summed E-state index contributed by atoms with van der Waals surface area (Å²) in [5.41, 5.74) is 7.98. The molecule has 51 heavy (non-hydrogen) atoms. The number of hydrogen-bond acceptors (Lipinski definition) is 10. The Morgan fingerprint density at radius 3 is 1.65 bits per heavy atom. The van der Waals surface area contributed by atoms with Crippen molar-refractivity contribution in [1.29, 1.82) is 0 Å². The fraction of sp³-hybridized carbons (Fsp3) is 0.171. The number of pyridine rings is 4. The first-order chi connectivity index (χ1) is 24.8. The number of benzene rings is 2. The SMILES string of the molecule is CC(c1ccc2nnn(Cc3cc4cccnc4cc3F)c2n1)N(C(=S)NN)C(C)c1ccc2nnn(Cc3cc4cccnc4cc3F)c2n1. The molecule has 0 saturated carbocycles. The Balaban J connectivity index is 1.10. The van der Waals surface area contributed by atoms with E-state index in [0.717, 1.165) is 10.8 Å². The standard InChI is InChI=1S/C35H29F2N13S/c1-19(27-7-9-29-33(41-27)48(46-44-29)17-23-13-21-5-3-11-39-31(21)15-25(23)36)50(35(51)43-38)20(2)28-8-10-30-34(42-28)49(47-45-30)18-24-14-22-6-4-12-40-32(22)16-26(24)37/h3-16,19-20H,17-18,38H2,1-2H3,(H,43,51). The molecule has 0 fully saturated rings. The number of nitrogens with two attached hydrogens (primary N) is 1. The van der Waals surface area contributed by atoms with E-state index in [1.54, 1.807) is 33.9 Å². The minimum atomic E-state index is -0.416. The van der Waals surface area contributed by atoms with Gasteiger partial charge in [0, 0.05) is 46.4 Å². The molecule has 6 aromatic heterocycles. The van der Waals surface area contributed by atoms with Crippen LogP contribution in [-0.2, 0) is 13.1 Å². The molecule has 16 heteroatoms. The van der Waals surface area contributed by atoms with Gasteiger partial charge in [-0.15, -0.1) is 10.2 Å². The van der Waals surface area contributed by atoms with Gasteiger partial charge in [0.1, 0.15) is 22.7 Å². The van der Waals surface area contributed by atoms with E-state index in [4.69, 9.17) is 28.0 Å². The first-order valence-electron chi connectivity index (χ1n) is 16.0. The molecule has 6 heterocycles. The molecule has 0 aliphatic heterocycles. The first-order valence-corrected chi connectivity index (χ1v) is 16.4. The van der Waals surface area contributed by atoms with Crippen molar-refractivity contribution >= 4 is 61.5 Å². The Morgan fingerprint density at radius 2 is 1.20 bits per heavy atom. The van der Waals surface area contributed by atoms with Gasteiger partial charge in [0.15, 0.2) is 16.4 Å². The van der Waals surface area contributed by atoms with E-state index in [1.165, 1.54) is 12.1 Å². The summed E-state index contributed by atoms with van der Waals surface area (Å²) in [5.74, 6) is 5.09. The molecule has 2 unspecified atom stereocenters. The number of thiocarbonyl (C=S) groups is 1. The fourth-order valence-electron chi connectivity index (χ4n) is 6.31. The minimum Gasteiger partial charge on any atom is -0.332 e. The quantitative estimate of drug-likeness (QED) is 0.120. The molecular formula is C35H29F2N13S. The van der Waals surface area contributed by atoms with Crippen LogP contribution in [0.25, 0.3) is 44.1 Å². The maximum atomic E-state index is 15.1. The van der Waals surface area contributed by atoms with Crippen LogP contribution in [0.15, 0.2) is 85.2 Å². The molecule has 8 rings (SSSR count). The highest BCUT2D eigenvalue weighted by Gasteiger charge is 2.28. The molecule has 0 aliphatic carbocycles. The summed E-state index contributed by atoms with van der Waals surface area (Å²) >= 11 is 5.70. The Bertz CT molecular complexity index is 2430. The van der Waals surface area contributed by atoms with Gasteiger partial charge in [-0.3, -0.25) is 9.97 Å². The lowest BCUT2D eigenvalue weighted by molar-refractivity contribution is 0.257. The van der Waals surface area contributed by atoms with Gasteiger partial charge >= 0.3 is 0 Å². The highest BCUT2D eigenvalue weighted by molar-refractivity contribution is 7.80. The van der Waals surface area contributed by atoms with E-state index in [2.05, 4.69) is 36.0 Å². The van der Waals surface area contributed by atoms with Crippen LogP contribution in [0.1, 0.15) is 48.4 Å². The third-order valence-electron chi connectivity index (χ3n) is 8.99. The summed E-state index contributed by atoms with van der Waals surface area (Å²) < 4.78 is 33.3. The van der Waals surface area contributed by atoms with Crippen molar-refractivity contribution in [1.82, 2.24) is 60.2 Å². The fourth-order valence-corrected chi connectivity index (χ4v) is 6.63. The van der Waals surface area contributed by atoms with E-state index in [-0.39, 0.29) is 18.2 Å². The van der Waals surface area contributed by atoms with Gasteiger partial charge < -0.3 is 10.3 Å². The molecule has 3 N–H and O–H groups in total. The molecule has 2 aromatic carbocycles. The van der Waals surface area contributed by atoms with Crippen LogP contribution in [0.4, 0.5) is 8.78 Å². The molecule has 0 spiro atoms. The summed E-state index contributed by atoms with van der Waals surface area (Å²) in [4.78, 5) is 20.2. The molecule has 8 aromatic rings. The average molecular weight is 702 g/mol. The maximum absolute atomic E-state index is 15.1. The van der Waals surface area contributed by atoms with Crippen molar-refractivity contribution in [3.8, 4) is 0 Å². The van der Waals surface area contributed by atoms with Crippen LogP contribution in [0.3, 0.4) is 0 Å². The van der Waals surface area contributed by atoms with Crippen molar-refractivity contribution in [3.63, 3.8) is 0 Å². The molecule has 0 radical (unpaired) electrons. The van der Waals surface area contributed by atoms with Crippen molar-refractivity contribution in [3.05, 3.63) is 119 Å². The molecular weight excluding hydrogens is 673 g/mol. The second-order valence-corrected chi connectivity index (χ2v) is 12.5. The van der Waals surface area contributed by atoms with Crippen LogP contribution in [-0.4, -0.2) is 59.9 Å². The predicted molar refractivity (Wildman–Crippen MR) is 191 cm³/mol. The van der Waals surface area contributed by atoms with Crippen LogP contribution in [0, 0.1) is 11.6 Å². The van der Waals surface area contributed by atoms with Crippen molar-refractivity contribution < 1.29 is 8.78 Å². The normalized spacial score (nSPS) is 12.9. The molecule has 0 saturated heterocycles. The van der Waals surface area contributed by atoms with Crippen LogP contribution in [0.5, 0.6) is 0 Å². The number of nitrogens with zero attached hydrogens (tertiary/aromatic N) is 11. The highest BCUT2D eigenvalue weighted by atomic mass is 32.1. The zero-order chi connectivity index (χ0) is 35.2. The summed E-state index contributed by atoms with van der Waals surface area (Å²) in [6.07, 6.45) is 3.26. The van der Waals surface area contributed by atoms with Gasteiger partial charge in [-0.05, 0) is 74.6 Å². The zero-order valence-electron chi connectivity index (χ0n) is 27.3. The average Bonchev–Trinajstić information content (AvgIpc) is 3.74. The first kappa shape index (κ1) is 32.1.